The van der Waals surface area contributed by atoms with Crippen LogP contribution in [-0.4, -0.2) is 57.9 Å². The van der Waals surface area contributed by atoms with Gasteiger partial charge in [-0.05, 0) is 38.0 Å². The van der Waals surface area contributed by atoms with E-state index in [1.807, 2.05) is 4.72 Å². The zero-order valence-electron chi connectivity index (χ0n) is 14.5. The topological polar surface area (TPSA) is 139 Å². The molecule has 0 aliphatic carbocycles. The van der Waals surface area contributed by atoms with Crippen LogP contribution in [0.3, 0.4) is 0 Å². The summed E-state index contributed by atoms with van der Waals surface area (Å²) in [6, 6.07) is 2.72. The van der Waals surface area contributed by atoms with Gasteiger partial charge in [0, 0.05) is 6.54 Å². The van der Waals surface area contributed by atoms with Crippen LogP contribution in [0, 0.1) is 0 Å². The number of hydrogen-bond donors (Lipinski definition) is 2. The van der Waals surface area contributed by atoms with Gasteiger partial charge in [-0.3, -0.25) is 9.59 Å². The van der Waals surface area contributed by atoms with Gasteiger partial charge >= 0.3 is 0 Å². The summed E-state index contributed by atoms with van der Waals surface area (Å²) in [4.78, 5) is 23.6. The van der Waals surface area contributed by atoms with Crippen LogP contribution in [0.25, 0.3) is 0 Å². The molecule has 1 saturated heterocycles. The summed E-state index contributed by atoms with van der Waals surface area (Å²) in [6.45, 7) is 1.47. The molecule has 2 aliphatic rings. The number of rotatable bonds is 5. The fraction of sp³-hybridized carbons (Fsp3) is 0.467. The lowest BCUT2D eigenvalue weighted by atomic mass is 10.2. The van der Waals surface area contributed by atoms with Gasteiger partial charge in [0.2, 0.25) is 10.0 Å². The first-order valence-corrected chi connectivity index (χ1v) is 11.4. The molecule has 2 amide bonds. The first-order valence-electron chi connectivity index (χ1n) is 8.27. The largest absolute Gasteiger partial charge is 0.482 e. The Balaban J connectivity index is 1.81. The van der Waals surface area contributed by atoms with Gasteiger partial charge in [0.15, 0.2) is 6.61 Å². The van der Waals surface area contributed by atoms with E-state index in [9.17, 15) is 26.4 Å². The van der Waals surface area contributed by atoms with Gasteiger partial charge in [0.05, 0.1) is 16.3 Å². The molecule has 2 heterocycles. The molecule has 0 saturated carbocycles. The number of anilines is 1. The van der Waals surface area contributed by atoms with Crippen molar-refractivity contribution in [2.24, 2.45) is 0 Å². The number of fused-ring (bicyclic) bond motifs is 1. The van der Waals surface area contributed by atoms with E-state index in [-0.39, 0.29) is 35.9 Å². The number of amides is 2. The number of carbonyl (C=O) groups is 2. The van der Waals surface area contributed by atoms with Crippen LogP contribution in [0.4, 0.5) is 5.69 Å². The third-order valence-corrected chi connectivity index (χ3v) is 7.58. The number of hydrogen-bond acceptors (Lipinski definition) is 7. The molecule has 0 bridgehead atoms. The van der Waals surface area contributed by atoms with Gasteiger partial charge in [-0.1, -0.05) is 0 Å². The van der Waals surface area contributed by atoms with E-state index < -0.39 is 37.9 Å². The van der Waals surface area contributed by atoms with Crippen molar-refractivity contribution < 1.29 is 31.2 Å². The van der Waals surface area contributed by atoms with Crippen molar-refractivity contribution in [2.45, 2.75) is 30.7 Å². The molecule has 0 unspecified atom stereocenters. The van der Waals surface area contributed by atoms with Crippen molar-refractivity contribution in [3.8, 4) is 5.75 Å². The zero-order valence-corrected chi connectivity index (χ0v) is 16.1. The molecule has 1 fully saturated rings. The van der Waals surface area contributed by atoms with Crippen LogP contribution in [0.2, 0.25) is 0 Å². The number of carbonyl (C=O) groups excluding carboxylic acids is 2. The second-order valence-corrected chi connectivity index (χ2v) is 10.0. The van der Waals surface area contributed by atoms with Crippen molar-refractivity contribution in [1.29, 1.82) is 0 Å². The summed E-state index contributed by atoms with van der Waals surface area (Å²) in [5.41, 5.74) is 0.178. The van der Waals surface area contributed by atoms with Crippen molar-refractivity contribution in [3.05, 3.63) is 18.2 Å². The van der Waals surface area contributed by atoms with E-state index in [1.54, 1.807) is 0 Å². The number of ether oxygens (including phenoxy) is 1. The highest BCUT2D eigenvalue weighted by Gasteiger charge is 2.39. The zero-order chi connectivity index (χ0) is 19.8. The van der Waals surface area contributed by atoms with E-state index in [0.717, 1.165) is 4.31 Å². The molecule has 2 N–H and O–H groups in total. The standard InChI is InChI=1S/C15H19N3O7S2/c1-2-26(21,22)18-7-3-4-12(18)15(20)17-27(23,24)10-5-6-13-11(8-10)16-14(19)9-25-13/h5-6,8,12H,2-4,7,9H2,1H3,(H,16,19)(H,17,20)/t12-/m0/s1. The quantitative estimate of drug-likeness (QED) is 0.667. The summed E-state index contributed by atoms with van der Waals surface area (Å²) in [6.07, 6.45) is 0.717. The molecule has 27 heavy (non-hydrogen) atoms. The summed E-state index contributed by atoms with van der Waals surface area (Å²) in [5, 5.41) is 2.49. The Morgan fingerprint density at radius 3 is 2.78 bits per heavy atom. The lowest BCUT2D eigenvalue weighted by Gasteiger charge is -2.23. The summed E-state index contributed by atoms with van der Waals surface area (Å²) in [5.74, 6) is -1.18. The lowest BCUT2D eigenvalue weighted by molar-refractivity contribution is -0.122. The third kappa shape index (κ3) is 3.92. The molecule has 0 radical (unpaired) electrons. The molecular weight excluding hydrogens is 398 g/mol. The highest BCUT2D eigenvalue weighted by atomic mass is 32.2. The number of sulfonamides is 2. The molecule has 10 nitrogen and oxygen atoms in total. The maximum absolute atomic E-state index is 12.5. The fourth-order valence-corrected chi connectivity index (χ4v) is 5.36. The molecule has 12 heteroatoms. The van der Waals surface area contributed by atoms with Gasteiger partial charge in [-0.25, -0.2) is 21.6 Å². The molecule has 1 atom stereocenters. The Bertz CT molecular complexity index is 989. The lowest BCUT2D eigenvalue weighted by Crippen LogP contribution is -2.47. The van der Waals surface area contributed by atoms with E-state index in [4.69, 9.17) is 4.74 Å². The Labute approximate surface area is 157 Å². The third-order valence-electron chi connectivity index (χ3n) is 4.36. The minimum absolute atomic E-state index is 0.167. The Hall–Kier alpha value is -2.18. The molecular formula is C15H19N3O7S2. The Morgan fingerprint density at radius 2 is 2.07 bits per heavy atom. The number of nitrogens with one attached hydrogen (secondary N) is 2. The predicted octanol–water partition coefficient (Wildman–Crippen LogP) is -0.363. The maximum atomic E-state index is 12.5. The summed E-state index contributed by atoms with van der Waals surface area (Å²) < 4.78 is 57.4. The predicted molar refractivity (Wildman–Crippen MR) is 95.1 cm³/mol. The van der Waals surface area contributed by atoms with Gasteiger partial charge in [0.1, 0.15) is 11.8 Å². The van der Waals surface area contributed by atoms with Gasteiger partial charge in [0.25, 0.3) is 21.8 Å². The van der Waals surface area contributed by atoms with E-state index >= 15 is 0 Å². The minimum atomic E-state index is -4.25. The van der Waals surface area contributed by atoms with Crippen molar-refractivity contribution in [1.82, 2.24) is 9.03 Å². The molecule has 0 spiro atoms. The second-order valence-electron chi connectivity index (χ2n) is 6.13. The monoisotopic (exact) mass is 417 g/mol. The molecule has 148 valence electrons. The average Bonchev–Trinajstić information content (AvgIpc) is 3.11. The van der Waals surface area contributed by atoms with Crippen LogP contribution in [-0.2, 0) is 29.6 Å². The van der Waals surface area contributed by atoms with Crippen LogP contribution in [0.1, 0.15) is 19.8 Å². The summed E-state index contributed by atoms with van der Waals surface area (Å²) >= 11 is 0. The normalized spacial score (nSPS) is 20.5. The maximum Gasteiger partial charge on any atom is 0.264 e. The van der Waals surface area contributed by atoms with Crippen molar-refractivity contribution in [2.75, 3.05) is 24.2 Å². The Morgan fingerprint density at radius 1 is 1.33 bits per heavy atom. The number of benzene rings is 1. The smallest absolute Gasteiger partial charge is 0.264 e. The molecule has 1 aromatic rings. The molecule has 0 aromatic heterocycles. The highest BCUT2D eigenvalue weighted by molar-refractivity contribution is 7.90. The first kappa shape index (κ1) is 19.6. The van der Waals surface area contributed by atoms with Crippen molar-refractivity contribution >= 4 is 37.5 Å². The van der Waals surface area contributed by atoms with Gasteiger partial charge in [-0.15, -0.1) is 0 Å². The number of nitrogens with zero attached hydrogens (tertiary/aromatic N) is 1. The van der Waals surface area contributed by atoms with E-state index in [0.29, 0.717) is 12.2 Å². The first-order chi connectivity index (χ1) is 12.6. The van der Waals surface area contributed by atoms with Crippen LogP contribution in [0.15, 0.2) is 23.1 Å². The van der Waals surface area contributed by atoms with Crippen LogP contribution >= 0.6 is 0 Å². The van der Waals surface area contributed by atoms with Crippen molar-refractivity contribution in [3.63, 3.8) is 0 Å². The average molecular weight is 417 g/mol. The van der Waals surface area contributed by atoms with Crippen LogP contribution in [0.5, 0.6) is 5.75 Å². The SMILES string of the molecule is CCS(=O)(=O)N1CCC[C@H]1C(=O)NS(=O)(=O)c1ccc2c(c1)NC(=O)CO2. The second kappa shape index (κ2) is 7.09. The summed E-state index contributed by atoms with van der Waals surface area (Å²) in [7, 11) is -7.87. The molecule has 3 rings (SSSR count). The van der Waals surface area contributed by atoms with Crippen LogP contribution < -0.4 is 14.8 Å². The molecule has 1 aromatic carbocycles. The Kier molecular flexibility index (Phi) is 5.14. The fourth-order valence-electron chi connectivity index (χ4n) is 2.99. The minimum Gasteiger partial charge on any atom is -0.482 e. The highest BCUT2D eigenvalue weighted by Crippen LogP contribution is 2.30. The molecule has 2 aliphatic heterocycles. The van der Waals surface area contributed by atoms with E-state index in [1.165, 1.54) is 25.1 Å². The van der Waals surface area contributed by atoms with E-state index in [2.05, 4.69) is 5.32 Å². The van der Waals surface area contributed by atoms with Gasteiger partial charge in [-0.2, -0.15) is 4.31 Å². The van der Waals surface area contributed by atoms with Gasteiger partial charge < -0.3 is 10.1 Å².